The van der Waals surface area contributed by atoms with Crippen molar-refractivity contribution in [2.45, 2.75) is 11.8 Å². The number of aryl methyl sites for hydroxylation is 1. The zero-order chi connectivity index (χ0) is 15.6. The van der Waals surface area contributed by atoms with E-state index in [1.165, 1.54) is 18.2 Å². The molecule has 0 radical (unpaired) electrons. The van der Waals surface area contributed by atoms with Crippen molar-refractivity contribution in [1.82, 2.24) is 0 Å². The minimum absolute atomic E-state index is 0.00354. The maximum absolute atomic E-state index is 12.5. The standard InChI is InChI=1S/C14H9Cl2NO3S/c1-9-2-4-11(20-9)7-12(8-17)21(18,19)14-6-10(15)3-5-13(14)16/h2-7H,1H3/b12-7+. The van der Waals surface area contributed by atoms with Crippen LogP contribution in [0.25, 0.3) is 6.08 Å². The number of hydrogen-bond donors (Lipinski definition) is 0. The highest BCUT2D eigenvalue weighted by Gasteiger charge is 2.24. The Balaban J connectivity index is 2.58. The van der Waals surface area contributed by atoms with Crippen LogP contribution in [0.4, 0.5) is 0 Å². The quantitative estimate of drug-likeness (QED) is 0.783. The van der Waals surface area contributed by atoms with Crippen LogP contribution in [-0.2, 0) is 9.84 Å². The minimum Gasteiger partial charge on any atom is -0.462 e. The Bertz CT molecular complexity index is 861. The number of hydrogen-bond acceptors (Lipinski definition) is 4. The number of nitrogens with zero attached hydrogens (tertiary/aromatic N) is 1. The summed E-state index contributed by atoms with van der Waals surface area (Å²) in [6.07, 6.45) is 1.15. The third kappa shape index (κ3) is 3.30. The van der Waals surface area contributed by atoms with Crippen molar-refractivity contribution < 1.29 is 12.8 Å². The van der Waals surface area contributed by atoms with Crippen LogP contribution in [-0.4, -0.2) is 8.42 Å². The predicted molar refractivity (Wildman–Crippen MR) is 80.7 cm³/mol. The summed E-state index contributed by atoms with van der Waals surface area (Å²) in [4.78, 5) is -0.686. The molecule has 0 saturated carbocycles. The summed E-state index contributed by atoms with van der Waals surface area (Å²) in [6, 6.07) is 8.93. The van der Waals surface area contributed by atoms with Crippen LogP contribution >= 0.6 is 23.2 Å². The molecule has 0 aliphatic rings. The number of nitriles is 1. The first kappa shape index (κ1) is 15.6. The second kappa shape index (κ2) is 5.94. The highest BCUT2D eigenvalue weighted by atomic mass is 35.5. The summed E-state index contributed by atoms with van der Waals surface area (Å²) in [7, 11) is -4.07. The van der Waals surface area contributed by atoms with Crippen LogP contribution in [0.15, 0.2) is 44.5 Å². The number of furan rings is 1. The molecule has 1 heterocycles. The van der Waals surface area contributed by atoms with Crippen molar-refractivity contribution in [3.63, 3.8) is 0 Å². The first-order valence-electron chi connectivity index (χ1n) is 5.73. The van der Waals surface area contributed by atoms with Crippen molar-refractivity contribution in [2.24, 2.45) is 0 Å². The van der Waals surface area contributed by atoms with Gasteiger partial charge in [0.1, 0.15) is 17.6 Å². The lowest BCUT2D eigenvalue weighted by Gasteiger charge is -2.05. The van der Waals surface area contributed by atoms with Crippen molar-refractivity contribution in [2.75, 3.05) is 0 Å². The summed E-state index contributed by atoms with van der Waals surface area (Å²) < 4.78 is 30.2. The van der Waals surface area contributed by atoms with Crippen LogP contribution in [0.5, 0.6) is 0 Å². The van der Waals surface area contributed by atoms with Gasteiger partial charge in [0.2, 0.25) is 9.84 Å². The number of halogens is 2. The van der Waals surface area contributed by atoms with Gasteiger partial charge in [0.05, 0.1) is 9.92 Å². The van der Waals surface area contributed by atoms with Crippen molar-refractivity contribution >= 4 is 39.1 Å². The Morgan fingerprint density at radius 3 is 2.57 bits per heavy atom. The molecule has 0 N–H and O–H groups in total. The van der Waals surface area contributed by atoms with Crippen LogP contribution in [0, 0.1) is 18.3 Å². The summed E-state index contributed by atoms with van der Waals surface area (Å²) in [5.74, 6) is 0.877. The SMILES string of the molecule is Cc1ccc(/C=C(\C#N)S(=O)(=O)c2cc(Cl)ccc2Cl)o1. The molecule has 2 aromatic rings. The molecule has 0 fully saturated rings. The van der Waals surface area contributed by atoms with Crippen molar-refractivity contribution in [1.29, 1.82) is 5.26 Å². The van der Waals surface area contributed by atoms with E-state index < -0.39 is 14.7 Å². The summed E-state index contributed by atoms with van der Waals surface area (Å²) in [5, 5.41) is 9.34. The first-order valence-corrected chi connectivity index (χ1v) is 7.97. The molecule has 0 atom stereocenters. The molecule has 108 valence electrons. The molecule has 1 aromatic heterocycles. The average molecular weight is 342 g/mol. The first-order chi connectivity index (χ1) is 9.84. The molecule has 0 bridgehead atoms. The van der Waals surface area contributed by atoms with Gasteiger partial charge in [-0.2, -0.15) is 5.26 Å². The molecule has 4 nitrogen and oxygen atoms in total. The third-order valence-electron chi connectivity index (χ3n) is 2.62. The Hall–Kier alpha value is -1.74. The predicted octanol–water partition coefficient (Wildman–Crippen LogP) is 4.23. The van der Waals surface area contributed by atoms with Gasteiger partial charge >= 0.3 is 0 Å². The Kier molecular flexibility index (Phi) is 4.43. The van der Waals surface area contributed by atoms with Gasteiger partial charge in [0.15, 0.2) is 4.91 Å². The van der Waals surface area contributed by atoms with Gasteiger partial charge in [-0.15, -0.1) is 0 Å². The fourth-order valence-corrected chi connectivity index (χ4v) is 3.53. The van der Waals surface area contributed by atoms with E-state index in [2.05, 4.69) is 0 Å². The Labute approximate surface area is 132 Å². The molecule has 0 spiro atoms. The third-order valence-corrected chi connectivity index (χ3v) is 5.00. The Morgan fingerprint density at radius 2 is 2.00 bits per heavy atom. The molecule has 1 aromatic carbocycles. The highest BCUT2D eigenvalue weighted by Crippen LogP contribution is 2.30. The molecule has 2 rings (SSSR count). The molecule has 21 heavy (non-hydrogen) atoms. The van der Waals surface area contributed by atoms with E-state index >= 15 is 0 Å². The largest absolute Gasteiger partial charge is 0.462 e. The average Bonchev–Trinajstić information content (AvgIpc) is 2.84. The number of benzene rings is 1. The van der Waals surface area contributed by atoms with Crippen molar-refractivity contribution in [3.05, 3.63) is 56.8 Å². The van der Waals surface area contributed by atoms with Gasteiger partial charge in [0, 0.05) is 11.1 Å². The van der Waals surface area contributed by atoms with Crippen LogP contribution in [0.2, 0.25) is 10.0 Å². The van der Waals surface area contributed by atoms with E-state index in [9.17, 15) is 8.42 Å². The Morgan fingerprint density at radius 1 is 1.29 bits per heavy atom. The zero-order valence-electron chi connectivity index (χ0n) is 10.8. The van der Waals surface area contributed by atoms with E-state index in [4.69, 9.17) is 32.9 Å². The van der Waals surface area contributed by atoms with Crippen LogP contribution < -0.4 is 0 Å². The van der Waals surface area contributed by atoms with Gasteiger partial charge < -0.3 is 4.42 Å². The summed E-state index contributed by atoms with van der Waals surface area (Å²) in [6.45, 7) is 1.71. The maximum atomic E-state index is 12.5. The molecular formula is C14H9Cl2NO3S. The highest BCUT2D eigenvalue weighted by molar-refractivity contribution is 7.95. The molecule has 0 aliphatic carbocycles. The molecule has 0 aliphatic heterocycles. The van der Waals surface area contributed by atoms with Gasteiger partial charge in [-0.1, -0.05) is 23.2 Å². The normalized spacial score (nSPS) is 12.2. The molecular weight excluding hydrogens is 333 g/mol. The fraction of sp³-hybridized carbons (Fsp3) is 0.0714. The number of sulfone groups is 1. The smallest absolute Gasteiger partial charge is 0.218 e. The lowest BCUT2D eigenvalue weighted by atomic mass is 10.4. The van der Waals surface area contributed by atoms with Crippen LogP contribution in [0.3, 0.4) is 0 Å². The van der Waals surface area contributed by atoms with E-state index in [1.807, 2.05) is 0 Å². The summed E-state index contributed by atoms with van der Waals surface area (Å²) in [5.41, 5.74) is 0. The van der Waals surface area contributed by atoms with Gasteiger partial charge in [-0.05, 0) is 37.3 Å². The topological polar surface area (TPSA) is 71.1 Å². The van der Waals surface area contributed by atoms with E-state index in [0.29, 0.717) is 5.76 Å². The summed E-state index contributed by atoms with van der Waals surface area (Å²) >= 11 is 11.7. The second-order valence-electron chi connectivity index (χ2n) is 4.15. The monoisotopic (exact) mass is 341 g/mol. The van der Waals surface area contributed by atoms with Gasteiger partial charge in [0.25, 0.3) is 0 Å². The van der Waals surface area contributed by atoms with Crippen molar-refractivity contribution in [3.8, 4) is 6.07 Å². The van der Waals surface area contributed by atoms with Gasteiger partial charge in [-0.25, -0.2) is 8.42 Å². The second-order valence-corrected chi connectivity index (χ2v) is 6.88. The van der Waals surface area contributed by atoms with E-state index in [1.54, 1.807) is 25.1 Å². The maximum Gasteiger partial charge on any atom is 0.218 e. The molecule has 7 heteroatoms. The van der Waals surface area contributed by atoms with E-state index in [0.717, 1.165) is 6.08 Å². The lowest BCUT2D eigenvalue weighted by molar-refractivity contribution is 0.525. The number of rotatable bonds is 3. The molecule has 0 amide bonds. The minimum atomic E-state index is -4.07. The lowest BCUT2D eigenvalue weighted by Crippen LogP contribution is -2.04. The van der Waals surface area contributed by atoms with E-state index in [-0.39, 0.29) is 20.7 Å². The van der Waals surface area contributed by atoms with Crippen LogP contribution in [0.1, 0.15) is 11.5 Å². The zero-order valence-corrected chi connectivity index (χ0v) is 13.1. The molecule has 0 unspecified atom stereocenters. The number of allylic oxidation sites excluding steroid dienone is 1. The fourth-order valence-electron chi connectivity index (χ4n) is 1.63. The molecule has 0 saturated heterocycles. The van der Waals surface area contributed by atoms with Gasteiger partial charge in [-0.3, -0.25) is 0 Å².